The molecule has 15 heavy (non-hydrogen) atoms. The third-order valence-corrected chi connectivity index (χ3v) is 4.21. The van der Waals surface area contributed by atoms with Crippen molar-refractivity contribution < 1.29 is 0 Å². The van der Waals surface area contributed by atoms with E-state index < -0.39 is 0 Å². The van der Waals surface area contributed by atoms with E-state index in [1.54, 1.807) is 0 Å². The van der Waals surface area contributed by atoms with Crippen LogP contribution < -0.4 is 5.32 Å². The first-order valence-corrected chi connectivity index (χ1v) is 6.68. The first-order chi connectivity index (χ1) is 7.24. The van der Waals surface area contributed by atoms with Crippen molar-refractivity contribution in [1.29, 1.82) is 0 Å². The maximum atomic E-state index is 3.87. The molecular formula is C13H26N2. The maximum Gasteiger partial charge on any atom is 0.00939 e. The lowest BCUT2D eigenvalue weighted by molar-refractivity contribution is 0.205. The van der Waals surface area contributed by atoms with Crippen LogP contribution in [0, 0.1) is 5.92 Å². The summed E-state index contributed by atoms with van der Waals surface area (Å²) < 4.78 is 0. The van der Waals surface area contributed by atoms with Gasteiger partial charge in [-0.3, -0.25) is 0 Å². The molecule has 1 saturated heterocycles. The lowest BCUT2D eigenvalue weighted by Crippen LogP contribution is -2.46. The van der Waals surface area contributed by atoms with Crippen molar-refractivity contribution >= 4 is 0 Å². The van der Waals surface area contributed by atoms with Gasteiger partial charge < -0.3 is 10.2 Å². The number of piperidine rings is 1. The van der Waals surface area contributed by atoms with E-state index in [0.717, 1.165) is 18.0 Å². The minimum atomic E-state index is 0.805. The highest BCUT2D eigenvalue weighted by atomic mass is 15.1. The smallest absolute Gasteiger partial charge is 0.00939 e. The third-order valence-electron chi connectivity index (χ3n) is 4.21. The second-order valence-electron chi connectivity index (χ2n) is 5.70. The van der Waals surface area contributed by atoms with Crippen LogP contribution in [-0.2, 0) is 0 Å². The van der Waals surface area contributed by atoms with Gasteiger partial charge in [-0.1, -0.05) is 6.92 Å². The molecule has 2 aliphatic rings. The summed E-state index contributed by atoms with van der Waals surface area (Å²) in [6.45, 7) is 4.95. The molecule has 0 radical (unpaired) electrons. The van der Waals surface area contributed by atoms with Crippen LogP contribution in [0.15, 0.2) is 0 Å². The Balaban J connectivity index is 1.68. The molecule has 0 bridgehead atoms. The SMILES string of the molecule is CC1CCC(NC2CCN(C)CC2)CC1. The Morgan fingerprint density at radius 2 is 1.40 bits per heavy atom. The lowest BCUT2D eigenvalue weighted by atomic mass is 9.86. The standard InChI is InChI=1S/C13H26N2/c1-11-3-5-12(6-4-11)14-13-7-9-15(2)10-8-13/h11-14H,3-10H2,1-2H3. The van der Waals surface area contributed by atoms with E-state index in [1.165, 1.54) is 51.6 Å². The number of hydrogen-bond donors (Lipinski definition) is 1. The maximum absolute atomic E-state index is 3.87. The van der Waals surface area contributed by atoms with Crippen LogP contribution in [0.4, 0.5) is 0 Å². The summed E-state index contributed by atoms with van der Waals surface area (Å²) in [5.41, 5.74) is 0. The van der Waals surface area contributed by atoms with Gasteiger partial charge in [-0.2, -0.15) is 0 Å². The summed E-state index contributed by atoms with van der Waals surface area (Å²) in [5.74, 6) is 0.973. The highest BCUT2D eigenvalue weighted by Gasteiger charge is 2.22. The number of nitrogens with one attached hydrogen (secondary N) is 1. The van der Waals surface area contributed by atoms with Crippen molar-refractivity contribution in [2.24, 2.45) is 5.92 Å². The van der Waals surface area contributed by atoms with Gasteiger partial charge in [-0.15, -0.1) is 0 Å². The van der Waals surface area contributed by atoms with Crippen molar-refractivity contribution in [2.45, 2.75) is 57.5 Å². The van der Waals surface area contributed by atoms with E-state index in [4.69, 9.17) is 0 Å². The van der Waals surface area contributed by atoms with Gasteiger partial charge in [0, 0.05) is 12.1 Å². The molecule has 0 spiro atoms. The molecule has 0 unspecified atom stereocenters. The van der Waals surface area contributed by atoms with Gasteiger partial charge in [0.1, 0.15) is 0 Å². The first-order valence-electron chi connectivity index (χ1n) is 6.68. The molecule has 1 N–H and O–H groups in total. The molecule has 0 atom stereocenters. The van der Waals surface area contributed by atoms with E-state index in [0.29, 0.717) is 0 Å². The van der Waals surface area contributed by atoms with Crippen LogP contribution in [0.3, 0.4) is 0 Å². The normalized spacial score (nSPS) is 35.6. The van der Waals surface area contributed by atoms with E-state index >= 15 is 0 Å². The predicted octanol–water partition coefficient (Wildman–Crippen LogP) is 2.25. The average molecular weight is 210 g/mol. The quantitative estimate of drug-likeness (QED) is 0.752. The highest BCUT2D eigenvalue weighted by Crippen LogP contribution is 2.24. The first kappa shape index (κ1) is 11.4. The topological polar surface area (TPSA) is 15.3 Å². The largest absolute Gasteiger partial charge is 0.311 e. The summed E-state index contributed by atoms with van der Waals surface area (Å²) in [6.07, 6.45) is 8.39. The molecule has 0 amide bonds. The molecule has 1 aliphatic heterocycles. The Morgan fingerprint density at radius 3 is 2.00 bits per heavy atom. The lowest BCUT2D eigenvalue weighted by Gasteiger charge is -2.35. The molecule has 2 nitrogen and oxygen atoms in total. The van der Waals surface area contributed by atoms with E-state index in [2.05, 4.69) is 24.2 Å². The number of hydrogen-bond acceptors (Lipinski definition) is 2. The fraction of sp³-hybridized carbons (Fsp3) is 1.00. The fourth-order valence-electron chi connectivity index (χ4n) is 2.94. The monoisotopic (exact) mass is 210 g/mol. The minimum absolute atomic E-state index is 0.805. The molecule has 1 aliphatic carbocycles. The molecular weight excluding hydrogens is 184 g/mol. The summed E-state index contributed by atoms with van der Waals surface area (Å²) in [7, 11) is 2.23. The Bertz CT molecular complexity index is 157. The van der Waals surface area contributed by atoms with Crippen molar-refractivity contribution in [3.05, 3.63) is 0 Å². The van der Waals surface area contributed by atoms with Crippen LogP contribution in [0.2, 0.25) is 0 Å². The van der Waals surface area contributed by atoms with Crippen molar-refractivity contribution in [2.75, 3.05) is 20.1 Å². The van der Waals surface area contributed by atoms with Gasteiger partial charge in [0.15, 0.2) is 0 Å². The average Bonchev–Trinajstić information content (AvgIpc) is 2.25. The number of nitrogens with zero attached hydrogens (tertiary/aromatic N) is 1. The van der Waals surface area contributed by atoms with Crippen LogP contribution in [0.1, 0.15) is 45.4 Å². The molecule has 1 saturated carbocycles. The predicted molar refractivity (Wildman–Crippen MR) is 65.1 cm³/mol. The zero-order valence-corrected chi connectivity index (χ0v) is 10.3. The molecule has 0 aromatic rings. The molecule has 1 heterocycles. The van der Waals surface area contributed by atoms with E-state index in [1.807, 2.05) is 0 Å². The Morgan fingerprint density at radius 1 is 0.867 bits per heavy atom. The van der Waals surface area contributed by atoms with Crippen LogP contribution in [0.25, 0.3) is 0 Å². The highest BCUT2D eigenvalue weighted by molar-refractivity contribution is 4.82. The van der Waals surface area contributed by atoms with Crippen LogP contribution >= 0.6 is 0 Å². The van der Waals surface area contributed by atoms with Crippen LogP contribution in [-0.4, -0.2) is 37.1 Å². The number of likely N-dealkylation sites (tertiary alicyclic amines) is 1. The molecule has 2 heteroatoms. The zero-order chi connectivity index (χ0) is 10.7. The summed E-state index contributed by atoms with van der Waals surface area (Å²) in [6, 6.07) is 1.63. The van der Waals surface area contributed by atoms with E-state index in [-0.39, 0.29) is 0 Å². The van der Waals surface area contributed by atoms with Crippen molar-refractivity contribution in [3.8, 4) is 0 Å². The third kappa shape index (κ3) is 3.46. The molecule has 88 valence electrons. The fourth-order valence-corrected chi connectivity index (χ4v) is 2.94. The summed E-state index contributed by atoms with van der Waals surface area (Å²) >= 11 is 0. The van der Waals surface area contributed by atoms with E-state index in [9.17, 15) is 0 Å². The van der Waals surface area contributed by atoms with Gasteiger partial charge >= 0.3 is 0 Å². The second-order valence-corrected chi connectivity index (χ2v) is 5.70. The van der Waals surface area contributed by atoms with Gasteiger partial charge in [-0.05, 0) is 64.6 Å². The summed E-state index contributed by atoms with van der Waals surface area (Å²) in [4.78, 5) is 2.45. The van der Waals surface area contributed by atoms with Crippen LogP contribution in [0.5, 0.6) is 0 Å². The molecule has 0 aromatic heterocycles. The minimum Gasteiger partial charge on any atom is -0.311 e. The van der Waals surface area contributed by atoms with Gasteiger partial charge in [0.25, 0.3) is 0 Å². The Kier molecular flexibility index (Phi) is 4.04. The van der Waals surface area contributed by atoms with Gasteiger partial charge in [-0.25, -0.2) is 0 Å². The summed E-state index contributed by atoms with van der Waals surface area (Å²) in [5, 5.41) is 3.87. The Labute approximate surface area is 94.4 Å². The van der Waals surface area contributed by atoms with Gasteiger partial charge in [0.2, 0.25) is 0 Å². The molecule has 2 rings (SSSR count). The zero-order valence-electron chi connectivity index (χ0n) is 10.3. The number of rotatable bonds is 2. The van der Waals surface area contributed by atoms with Gasteiger partial charge in [0.05, 0.1) is 0 Å². The molecule has 2 fully saturated rings. The molecule has 0 aromatic carbocycles. The van der Waals surface area contributed by atoms with Crippen molar-refractivity contribution in [1.82, 2.24) is 10.2 Å². The Hall–Kier alpha value is -0.0800. The second kappa shape index (κ2) is 5.31. The van der Waals surface area contributed by atoms with Crippen molar-refractivity contribution in [3.63, 3.8) is 0 Å².